The highest BCUT2D eigenvalue weighted by Gasteiger charge is 2.41. The van der Waals surface area contributed by atoms with Crippen molar-refractivity contribution in [2.24, 2.45) is 0 Å². The number of phenolic OH excluding ortho intramolecular Hbond substituents is 1. The van der Waals surface area contributed by atoms with Crippen molar-refractivity contribution in [3.05, 3.63) is 29.8 Å². The average molecular weight is 332 g/mol. The molecule has 2 heterocycles. The zero-order chi connectivity index (χ0) is 17.0. The van der Waals surface area contributed by atoms with Crippen molar-refractivity contribution in [2.45, 2.75) is 37.6 Å². The second kappa shape index (κ2) is 7.53. The Morgan fingerprint density at radius 1 is 1.12 bits per heavy atom. The molecule has 2 aliphatic heterocycles. The number of amides is 1. The van der Waals surface area contributed by atoms with Crippen LogP contribution in [-0.4, -0.2) is 66.2 Å². The number of ether oxygens (including phenoxy) is 1. The number of rotatable bonds is 4. The number of phenols is 1. The van der Waals surface area contributed by atoms with Gasteiger partial charge in [-0.2, -0.15) is 0 Å². The van der Waals surface area contributed by atoms with Crippen LogP contribution in [0.25, 0.3) is 0 Å². The number of aromatic hydroxyl groups is 1. The van der Waals surface area contributed by atoms with Crippen LogP contribution < -0.4 is 0 Å². The van der Waals surface area contributed by atoms with Gasteiger partial charge in [0.15, 0.2) is 0 Å². The van der Waals surface area contributed by atoms with E-state index < -0.39 is 0 Å². The maximum Gasteiger partial charge on any atom is 0.253 e. The fraction of sp³-hybridized carbons (Fsp3) is 0.632. The second-order valence-corrected chi connectivity index (χ2v) is 7.00. The van der Waals surface area contributed by atoms with Gasteiger partial charge in [0.25, 0.3) is 5.91 Å². The minimum Gasteiger partial charge on any atom is -0.508 e. The molecular formula is C19H28N2O3. The number of hydrogen-bond acceptors (Lipinski definition) is 4. The lowest BCUT2D eigenvalue weighted by Crippen LogP contribution is -2.46. The Morgan fingerprint density at radius 3 is 2.54 bits per heavy atom. The number of benzene rings is 1. The van der Waals surface area contributed by atoms with E-state index >= 15 is 0 Å². The first-order valence-electron chi connectivity index (χ1n) is 8.97. The molecule has 2 fully saturated rings. The largest absolute Gasteiger partial charge is 0.508 e. The van der Waals surface area contributed by atoms with Crippen LogP contribution in [0.4, 0.5) is 0 Å². The monoisotopic (exact) mass is 332 g/mol. The van der Waals surface area contributed by atoms with Crippen molar-refractivity contribution in [2.75, 3.05) is 39.9 Å². The van der Waals surface area contributed by atoms with Gasteiger partial charge in [-0.3, -0.25) is 9.69 Å². The highest BCUT2D eigenvalue weighted by atomic mass is 16.5. The molecule has 24 heavy (non-hydrogen) atoms. The molecule has 5 heteroatoms. The third-order valence-electron chi connectivity index (χ3n) is 5.63. The predicted molar refractivity (Wildman–Crippen MR) is 93.3 cm³/mol. The first-order valence-corrected chi connectivity index (χ1v) is 8.97. The molecule has 0 saturated carbocycles. The number of methoxy groups -OCH3 is 1. The van der Waals surface area contributed by atoms with Gasteiger partial charge in [-0.05, 0) is 62.9 Å². The Morgan fingerprint density at radius 2 is 1.83 bits per heavy atom. The van der Waals surface area contributed by atoms with Gasteiger partial charge in [-0.1, -0.05) is 0 Å². The molecule has 1 atom stereocenters. The van der Waals surface area contributed by atoms with E-state index in [-0.39, 0.29) is 17.2 Å². The molecule has 1 amide bonds. The summed E-state index contributed by atoms with van der Waals surface area (Å²) in [4.78, 5) is 17.3. The van der Waals surface area contributed by atoms with Crippen molar-refractivity contribution >= 4 is 5.91 Å². The van der Waals surface area contributed by atoms with Crippen LogP contribution in [0.3, 0.4) is 0 Å². The topological polar surface area (TPSA) is 53.0 Å². The fourth-order valence-electron chi connectivity index (χ4n) is 4.28. The molecule has 1 aromatic rings. The van der Waals surface area contributed by atoms with Gasteiger partial charge < -0.3 is 14.7 Å². The number of hydrogen-bond donors (Lipinski definition) is 1. The van der Waals surface area contributed by atoms with Gasteiger partial charge in [0.1, 0.15) is 5.75 Å². The molecular weight excluding hydrogens is 304 g/mol. The summed E-state index contributed by atoms with van der Waals surface area (Å²) >= 11 is 0. The quantitative estimate of drug-likeness (QED) is 0.920. The number of nitrogens with zero attached hydrogens (tertiary/aromatic N) is 2. The molecule has 132 valence electrons. The van der Waals surface area contributed by atoms with Crippen molar-refractivity contribution in [3.8, 4) is 5.75 Å². The van der Waals surface area contributed by atoms with Gasteiger partial charge in [0, 0.05) is 37.8 Å². The van der Waals surface area contributed by atoms with Gasteiger partial charge in [0.05, 0.1) is 6.61 Å². The molecule has 1 spiro atoms. The van der Waals surface area contributed by atoms with Crippen LogP contribution in [0.2, 0.25) is 0 Å². The van der Waals surface area contributed by atoms with Crippen LogP contribution >= 0.6 is 0 Å². The lowest BCUT2D eigenvalue weighted by molar-refractivity contribution is 0.0697. The summed E-state index contributed by atoms with van der Waals surface area (Å²) in [7, 11) is 1.76. The zero-order valence-corrected chi connectivity index (χ0v) is 14.5. The summed E-state index contributed by atoms with van der Waals surface area (Å²) in [6.45, 7) is 4.54. The molecule has 0 aromatic heterocycles. The van der Waals surface area contributed by atoms with Crippen molar-refractivity contribution < 1.29 is 14.6 Å². The van der Waals surface area contributed by atoms with Gasteiger partial charge in [-0.25, -0.2) is 0 Å². The van der Waals surface area contributed by atoms with Gasteiger partial charge >= 0.3 is 0 Å². The minimum atomic E-state index is 0.0773. The van der Waals surface area contributed by atoms with Crippen molar-refractivity contribution in [1.29, 1.82) is 0 Å². The highest BCUT2D eigenvalue weighted by molar-refractivity contribution is 5.94. The van der Waals surface area contributed by atoms with E-state index in [4.69, 9.17) is 4.74 Å². The highest BCUT2D eigenvalue weighted by Crippen LogP contribution is 2.38. The first kappa shape index (κ1) is 17.2. The van der Waals surface area contributed by atoms with Crippen molar-refractivity contribution in [1.82, 2.24) is 9.80 Å². The smallest absolute Gasteiger partial charge is 0.253 e. The van der Waals surface area contributed by atoms with E-state index in [1.807, 2.05) is 4.90 Å². The zero-order valence-electron chi connectivity index (χ0n) is 14.5. The summed E-state index contributed by atoms with van der Waals surface area (Å²) in [6, 6.07) is 6.57. The number of carbonyl (C=O) groups excluding carboxylic acids is 1. The van der Waals surface area contributed by atoms with Crippen LogP contribution in [-0.2, 0) is 4.74 Å². The minimum absolute atomic E-state index is 0.0773. The van der Waals surface area contributed by atoms with Crippen LogP contribution in [0.15, 0.2) is 24.3 Å². The maximum atomic E-state index is 12.7. The molecule has 2 aliphatic rings. The lowest BCUT2D eigenvalue weighted by atomic mass is 9.88. The van der Waals surface area contributed by atoms with Crippen LogP contribution in [0.5, 0.6) is 5.75 Å². The SMILES string of the molecule is COCCN1CCC[C@@]12CCCN(C(=O)c1ccc(O)cc1)CC2. The fourth-order valence-corrected chi connectivity index (χ4v) is 4.28. The predicted octanol–water partition coefficient (Wildman–Crippen LogP) is 2.50. The maximum absolute atomic E-state index is 12.7. The molecule has 0 bridgehead atoms. The standard InChI is InChI=1S/C19H28N2O3/c1-24-15-14-21-12-3-9-19(21)8-2-11-20(13-10-19)18(23)16-4-6-17(22)7-5-16/h4-7,22H,2-3,8-15H2,1H3/t19-/m1/s1. The van der Waals surface area contributed by atoms with E-state index in [0.29, 0.717) is 5.56 Å². The molecule has 0 radical (unpaired) electrons. The Hall–Kier alpha value is -1.59. The molecule has 0 aliphatic carbocycles. The number of likely N-dealkylation sites (tertiary alicyclic amines) is 2. The third kappa shape index (κ3) is 3.57. The lowest BCUT2D eigenvalue weighted by Gasteiger charge is -2.38. The van der Waals surface area contributed by atoms with Gasteiger partial charge in [0.2, 0.25) is 0 Å². The van der Waals surface area contributed by atoms with Crippen molar-refractivity contribution in [3.63, 3.8) is 0 Å². The normalized spacial score (nSPS) is 25.1. The molecule has 5 nitrogen and oxygen atoms in total. The van der Waals surface area contributed by atoms with E-state index in [9.17, 15) is 9.90 Å². The Kier molecular flexibility index (Phi) is 5.41. The Labute approximate surface area is 144 Å². The van der Waals surface area contributed by atoms with E-state index in [0.717, 1.165) is 52.0 Å². The molecule has 2 saturated heterocycles. The Balaban J connectivity index is 1.66. The van der Waals surface area contributed by atoms with Crippen LogP contribution in [0.1, 0.15) is 42.5 Å². The summed E-state index contributed by atoms with van der Waals surface area (Å²) in [6.07, 6.45) is 5.73. The van der Waals surface area contributed by atoms with Crippen LogP contribution in [0, 0.1) is 0 Å². The average Bonchev–Trinajstić information content (AvgIpc) is 2.85. The Bertz CT molecular complexity index is 560. The summed E-state index contributed by atoms with van der Waals surface area (Å²) in [5.74, 6) is 0.273. The molecule has 1 aromatic carbocycles. The third-order valence-corrected chi connectivity index (χ3v) is 5.63. The van der Waals surface area contributed by atoms with Gasteiger partial charge in [-0.15, -0.1) is 0 Å². The first-order chi connectivity index (χ1) is 11.6. The molecule has 1 N–H and O–H groups in total. The second-order valence-electron chi connectivity index (χ2n) is 7.00. The van der Waals surface area contributed by atoms with E-state index in [1.165, 1.54) is 12.8 Å². The summed E-state index contributed by atoms with van der Waals surface area (Å²) in [5.41, 5.74) is 0.911. The molecule has 0 unspecified atom stereocenters. The molecule has 3 rings (SSSR count). The van der Waals surface area contributed by atoms with E-state index in [2.05, 4.69) is 4.90 Å². The number of carbonyl (C=O) groups is 1. The summed E-state index contributed by atoms with van der Waals surface area (Å²) in [5, 5.41) is 9.39. The summed E-state index contributed by atoms with van der Waals surface area (Å²) < 4.78 is 5.27. The van der Waals surface area contributed by atoms with E-state index in [1.54, 1.807) is 31.4 Å².